The molecule has 0 radical (unpaired) electrons. The third-order valence-corrected chi connectivity index (χ3v) is 3.67. The van der Waals surface area contributed by atoms with E-state index in [9.17, 15) is 9.90 Å². The molecule has 1 amide bonds. The summed E-state index contributed by atoms with van der Waals surface area (Å²) < 4.78 is 10.9. The van der Waals surface area contributed by atoms with Gasteiger partial charge in [-0.1, -0.05) is 6.07 Å². The molecule has 1 heterocycles. The molecule has 102 valence electrons. The molecule has 5 nitrogen and oxygen atoms in total. The van der Waals surface area contributed by atoms with Crippen LogP contribution in [-0.2, 0) is 0 Å². The number of carbonyl (C=O) groups excluding carboxylic acids is 1. The summed E-state index contributed by atoms with van der Waals surface area (Å²) in [5, 5.41) is 12.7. The number of rotatable bonds is 3. The van der Waals surface area contributed by atoms with Crippen LogP contribution in [0.25, 0.3) is 0 Å². The number of amides is 1. The van der Waals surface area contributed by atoms with E-state index < -0.39 is 5.60 Å². The monoisotopic (exact) mass is 263 g/mol. The molecule has 5 heteroatoms. The quantitative estimate of drug-likeness (QED) is 0.857. The summed E-state index contributed by atoms with van der Waals surface area (Å²) in [5.41, 5.74) is -0.262. The Morgan fingerprint density at radius 3 is 2.84 bits per heavy atom. The van der Waals surface area contributed by atoms with Crippen LogP contribution in [0.15, 0.2) is 18.2 Å². The molecule has 19 heavy (non-hydrogen) atoms. The van der Waals surface area contributed by atoms with Crippen LogP contribution >= 0.6 is 0 Å². The van der Waals surface area contributed by atoms with Gasteiger partial charge in [0.25, 0.3) is 5.91 Å². The minimum Gasteiger partial charge on any atom is -0.486 e. The first-order chi connectivity index (χ1) is 9.18. The third kappa shape index (κ3) is 2.38. The lowest BCUT2D eigenvalue weighted by Gasteiger charge is -2.36. The van der Waals surface area contributed by atoms with E-state index in [1.165, 1.54) is 0 Å². The van der Waals surface area contributed by atoms with Gasteiger partial charge in [0, 0.05) is 6.54 Å². The van der Waals surface area contributed by atoms with E-state index >= 15 is 0 Å². The molecule has 0 atom stereocenters. The van der Waals surface area contributed by atoms with E-state index in [2.05, 4.69) is 5.32 Å². The Morgan fingerprint density at radius 1 is 1.32 bits per heavy atom. The molecule has 3 rings (SSSR count). The van der Waals surface area contributed by atoms with Crippen LogP contribution in [0.1, 0.15) is 29.6 Å². The fourth-order valence-corrected chi connectivity index (χ4v) is 2.35. The number of hydrogen-bond acceptors (Lipinski definition) is 4. The first-order valence-electron chi connectivity index (χ1n) is 6.57. The molecule has 1 fully saturated rings. The predicted molar refractivity (Wildman–Crippen MR) is 68.6 cm³/mol. The topological polar surface area (TPSA) is 67.8 Å². The predicted octanol–water partition coefficient (Wildman–Crippen LogP) is 1.10. The largest absolute Gasteiger partial charge is 0.486 e. The average molecular weight is 263 g/mol. The minimum atomic E-state index is -0.720. The second-order valence-corrected chi connectivity index (χ2v) is 5.09. The number of aliphatic hydroxyl groups is 1. The van der Waals surface area contributed by atoms with E-state index in [-0.39, 0.29) is 12.5 Å². The van der Waals surface area contributed by atoms with Crippen molar-refractivity contribution >= 4 is 5.91 Å². The molecule has 0 aromatic heterocycles. The zero-order valence-corrected chi connectivity index (χ0v) is 10.6. The summed E-state index contributed by atoms with van der Waals surface area (Å²) in [6.07, 6.45) is 2.52. The van der Waals surface area contributed by atoms with Crippen LogP contribution in [0.4, 0.5) is 0 Å². The molecule has 1 aliphatic heterocycles. The molecule has 2 aliphatic rings. The van der Waals surface area contributed by atoms with Gasteiger partial charge in [0.05, 0.1) is 11.2 Å². The highest BCUT2D eigenvalue weighted by atomic mass is 16.6. The van der Waals surface area contributed by atoms with Gasteiger partial charge in [0.15, 0.2) is 11.5 Å². The van der Waals surface area contributed by atoms with Gasteiger partial charge in [0.1, 0.15) is 13.2 Å². The molecular formula is C14H17NO4. The molecule has 1 saturated carbocycles. The number of carbonyl (C=O) groups is 1. The standard InChI is InChI=1S/C14H17NO4/c16-13(15-9-14(17)5-2-6-14)10-3-1-4-11-12(10)19-8-7-18-11/h1,3-4,17H,2,5-9H2,(H,15,16). The van der Waals surface area contributed by atoms with E-state index in [0.717, 1.165) is 19.3 Å². The Balaban J connectivity index is 1.72. The maximum absolute atomic E-state index is 12.1. The summed E-state index contributed by atoms with van der Waals surface area (Å²) in [4.78, 5) is 12.1. The van der Waals surface area contributed by atoms with Crippen molar-refractivity contribution in [3.8, 4) is 11.5 Å². The lowest BCUT2D eigenvalue weighted by Crippen LogP contribution is -2.47. The van der Waals surface area contributed by atoms with Crippen molar-refractivity contribution in [2.45, 2.75) is 24.9 Å². The number of benzene rings is 1. The lowest BCUT2D eigenvalue weighted by molar-refractivity contribution is -0.0300. The highest BCUT2D eigenvalue weighted by Gasteiger charge is 2.34. The smallest absolute Gasteiger partial charge is 0.255 e. The Morgan fingerprint density at radius 2 is 2.11 bits per heavy atom. The molecule has 1 aromatic rings. The second-order valence-electron chi connectivity index (χ2n) is 5.09. The first kappa shape index (κ1) is 12.3. The Kier molecular flexibility index (Phi) is 3.06. The molecule has 0 spiro atoms. The van der Waals surface area contributed by atoms with E-state index in [1.807, 2.05) is 0 Å². The summed E-state index contributed by atoms with van der Waals surface area (Å²) in [7, 11) is 0. The first-order valence-corrected chi connectivity index (χ1v) is 6.57. The maximum Gasteiger partial charge on any atom is 0.255 e. The van der Waals surface area contributed by atoms with Gasteiger partial charge in [-0.05, 0) is 31.4 Å². The zero-order chi connectivity index (χ0) is 13.3. The molecule has 0 unspecified atom stereocenters. The number of ether oxygens (including phenoxy) is 2. The fourth-order valence-electron chi connectivity index (χ4n) is 2.35. The van der Waals surface area contributed by atoms with Gasteiger partial charge in [0.2, 0.25) is 0 Å². The number of nitrogens with one attached hydrogen (secondary N) is 1. The van der Waals surface area contributed by atoms with Crippen molar-refractivity contribution in [3.05, 3.63) is 23.8 Å². The van der Waals surface area contributed by atoms with E-state index in [0.29, 0.717) is 30.3 Å². The summed E-state index contributed by atoms with van der Waals surface area (Å²) in [5.74, 6) is 0.857. The average Bonchev–Trinajstić information content (AvgIpc) is 2.42. The van der Waals surface area contributed by atoms with Crippen molar-refractivity contribution < 1.29 is 19.4 Å². The normalized spacial score (nSPS) is 19.4. The minimum absolute atomic E-state index is 0.234. The lowest BCUT2D eigenvalue weighted by atomic mass is 9.80. The van der Waals surface area contributed by atoms with Crippen molar-refractivity contribution in [3.63, 3.8) is 0 Å². The van der Waals surface area contributed by atoms with Crippen LogP contribution in [0.2, 0.25) is 0 Å². The van der Waals surface area contributed by atoms with E-state index in [4.69, 9.17) is 9.47 Å². The van der Waals surface area contributed by atoms with Crippen LogP contribution in [0.3, 0.4) is 0 Å². The highest BCUT2D eigenvalue weighted by molar-refractivity contribution is 5.97. The van der Waals surface area contributed by atoms with Crippen molar-refractivity contribution in [1.29, 1.82) is 0 Å². The molecule has 2 N–H and O–H groups in total. The zero-order valence-electron chi connectivity index (χ0n) is 10.6. The maximum atomic E-state index is 12.1. The van der Waals surface area contributed by atoms with Gasteiger partial charge in [-0.15, -0.1) is 0 Å². The van der Waals surface area contributed by atoms with Crippen molar-refractivity contribution in [2.75, 3.05) is 19.8 Å². The van der Waals surface area contributed by atoms with Crippen LogP contribution < -0.4 is 14.8 Å². The van der Waals surface area contributed by atoms with Gasteiger partial charge in [-0.2, -0.15) is 0 Å². The Bertz CT molecular complexity index is 496. The number of fused-ring (bicyclic) bond motifs is 1. The summed E-state index contributed by atoms with van der Waals surface area (Å²) >= 11 is 0. The van der Waals surface area contributed by atoms with Gasteiger partial charge in [-0.25, -0.2) is 0 Å². The molecule has 0 saturated heterocycles. The van der Waals surface area contributed by atoms with Gasteiger partial charge < -0.3 is 19.9 Å². The summed E-state index contributed by atoms with van der Waals surface area (Å²) in [6, 6.07) is 5.25. The fraction of sp³-hybridized carbons (Fsp3) is 0.500. The Hall–Kier alpha value is -1.75. The molecule has 1 aliphatic carbocycles. The van der Waals surface area contributed by atoms with Crippen molar-refractivity contribution in [1.82, 2.24) is 5.32 Å². The van der Waals surface area contributed by atoms with Crippen LogP contribution in [-0.4, -0.2) is 36.4 Å². The van der Waals surface area contributed by atoms with Gasteiger partial charge >= 0.3 is 0 Å². The molecular weight excluding hydrogens is 246 g/mol. The molecule has 0 bridgehead atoms. The molecule has 1 aromatic carbocycles. The third-order valence-electron chi connectivity index (χ3n) is 3.67. The van der Waals surface area contributed by atoms with Crippen LogP contribution in [0, 0.1) is 0 Å². The Labute approximate surface area is 111 Å². The van der Waals surface area contributed by atoms with Crippen molar-refractivity contribution in [2.24, 2.45) is 0 Å². The SMILES string of the molecule is O=C(NCC1(O)CCC1)c1cccc2c1OCCO2. The number of para-hydroxylation sites is 1. The summed E-state index contributed by atoms with van der Waals surface area (Å²) in [6.45, 7) is 1.23. The van der Waals surface area contributed by atoms with Gasteiger partial charge in [-0.3, -0.25) is 4.79 Å². The van der Waals surface area contributed by atoms with Crippen LogP contribution in [0.5, 0.6) is 11.5 Å². The second kappa shape index (κ2) is 4.74. The highest BCUT2D eigenvalue weighted by Crippen LogP contribution is 2.34. The van der Waals surface area contributed by atoms with E-state index in [1.54, 1.807) is 18.2 Å². The number of hydrogen-bond donors (Lipinski definition) is 2.